The predicted molar refractivity (Wildman–Crippen MR) is 92.2 cm³/mol. The van der Waals surface area contributed by atoms with Crippen LogP contribution in [0.3, 0.4) is 0 Å². The summed E-state index contributed by atoms with van der Waals surface area (Å²) in [4.78, 5) is 16.6. The minimum absolute atomic E-state index is 0. The number of hydrogen-bond acceptors (Lipinski definition) is 7. The van der Waals surface area contributed by atoms with Crippen molar-refractivity contribution in [3.63, 3.8) is 0 Å². The van der Waals surface area contributed by atoms with Crippen LogP contribution in [-0.2, 0) is 9.53 Å². The summed E-state index contributed by atoms with van der Waals surface area (Å²) in [7, 11) is 0. The summed E-state index contributed by atoms with van der Waals surface area (Å²) < 4.78 is 16.1. The van der Waals surface area contributed by atoms with Crippen LogP contribution in [0.25, 0.3) is 11.3 Å². The van der Waals surface area contributed by atoms with Crippen LogP contribution in [-0.4, -0.2) is 43.5 Å². The normalized spacial score (nSPS) is 18.8. The molecule has 0 aliphatic carbocycles. The van der Waals surface area contributed by atoms with Gasteiger partial charge in [-0.25, -0.2) is 4.98 Å². The number of aromatic nitrogens is 1. The number of nitrogens with one attached hydrogen (secondary N) is 2. The van der Waals surface area contributed by atoms with Crippen molar-refractivity contribution in [2.75, 3.05) is 31.8 Å². The molecule has 1 atom stereocenters. The Morgan fingerprint density at radius 2 is 2.21 bits per heavy atom. The standard InChI is InChI=1S/C15H15N3O4S.ClH/c19-14(13-6-16-3-4-20-13)18-15-17-10(7-23-15)9-1-2-11-12(5-9)22-8-21-11;/h1-2,5,7,13,16H,3-4,6,8H2,(H,17,18,19);1H/t13-;/m1./s1. The number of anilines is 1. The van der Waals surface area contributed by atoms with Gasteiger partial charge in [0.05, 0.1) is 12.3 Å². The van der Waals surface area contributed by atoms with Gasteiger partial charge in [0, 0.05) is 24.0 Å². The third-order valence-corrected chi connectivity index (χ3v) is 4.38. The minimum Gasteiger partial charge on any atom is -0.454 e. The number of benzene rings is 1. The molecule has 4 rings (SSSR count). The Hall–Kier alpha value is -1.87. The lowest BCUT2D eigenvalue weighted by molar-refractivity contribution is -0.128. The maximum Gasteiger partial charge on any atom is 0.256 e. The minimum atomic E-state index is -0.471. The van der Waals surface area contributed by atoms with Gasteiger partial charge in [-0.05, 0) is 18.2 Å². The van der Waals surface area contributed by atoms with Crippen molar-refractivity contribution in [1.82, 2.24) is 10.3 Å². The number of ether oxygens (including phenoxy) is 3. The Bertz CT molecular complexity index is 733. The Balaban J connectivity index is 0.00000169. The van der Waals surface area contributed by atoms with Gasteiger partial charge in [0.2, 0.25) is 6.79 Å². The van der Waals surface area contributed by atoms with Gasteiger partial charge in [-0.3, -0.25) is 10.1 Å². The number of morpholine rings is 1. The molecule has 24 heavy (non-hydrogen) atoms. The molecule has 2 N–H and O–H groups in total. The quantitative estimate of drug-likeness (QED) is 0.859. The van der Waals surface area contributed by atoms with Crippen LogP contribution in [0.15, 0.2) is 23.6 Å². The smallest absolute Gasteiger partial charge is 0.256 e. The van der Waals surface area contributed by atoms with E-state index in [4.69, 9.17) is 14.2 Å². The molecule has 1 aromatic heterocycles. The molecule has 3 heterocycles. The van der Waals surface area contributed by atoms with Gasteiger partial charge in [0.25, 0.3) is 5.91 Å². The lowest BCUT2D eigenvalue weighted by Gasteiger charge is -2.22. The summed E-state index contributed by atoms with van der Waals surface area (Å²) in [6.07, 6.45) is -0.471. The lowest BCUT2D eigenvalue weighted by Crippen LogP contribution is -2.45. The van der Waals surface area contributed by atoms with Gasteiger partial charge in [0.15, 0.2) is 16.6 Å². The van der Waals surface area contributed by atoms with Crippen molar-refractivity contribution in [2.24, 2.45) is 0 Å². The highest BCUT2D eigenvalue weighted by molar-refractivity contribution is 7.14. The van der Waals surface area contributed by atoms with E-state index in [9.17, 15) is 4.79 Å². The molecule has 1 aromatic carbocycles. The van der Waals surface area contributed by atoms with E-state index in [1.165, 1.54) is 11.3 Å². The second-order valence-electron chi connectivity index (χ2n) is 5.16. The van der Waals surface area contributed by atoms with Crippen LogP contribution in [0.4, 0.5) is 5.13 Å². The molecule has 2 aliphatic rings. The SMILES string of the molecule is Cl.O=C(Nc1nc(-c2ccc3c(c2)OCO3)cs1)[C@H]1CNCCO1. The Morgan fingerprint density at radius 3 is 3.04 bits per heavy atom. The highest BCUT2D eigenvalue weighted by atomic mass is 35.5. The average molecular weight is 370 g/mol. The van der Waals surface area contributed by atoms with Crippen LogP contribution in [0.1, 0.15) is 0 Å². The van der Waals surface area contributed by atoms with E-state index in [0.717, 1.165) is 23.6 Å². The second-order valence-corrected chi connectivity index (χ2v) is 6.02. The van der Waals surface area contributed by atoms with E-state index in [-0.39, 0.29) is 25.1 Å². The first kappa shape index (κ1) is 17.0. The second kappa shape index (κ2) is 7.35. The fraction of sp³-hybridized carbons (Fsp3) is 0.333. The van der Waals surface area contributed by atoms with Gasteiger partial charge < -0.3 is 19.5 Å². The number of fused-ring (bicyclic) bond motifs is 1. The fourth-order valence-corrected chi connectivity index (χ4v) is 3.16. The molecule has 0 spiro atoms. The van der Waals surface area contributed by atoms with Crippen LogP contribution >= 0.6 is 23.7 Å². The Morgan fingerprint density at radius 1 is 1.33 bits per heavy atom. The molecule has 2 aromatic rings. The molecule has 0 bridgehead atoms. The number of thiazole rings is 1. The number of nitrogens with zero attached hydrogens (tertiary/aromatic N) is 1. The highest BCUT2D eigenvalue weighted by Gasteiger charge is 2.23. The molecule has 1 amide bonds. The third-order valence-electron chi connectivity index (χ3n) is 3.62. The van der Waals surface area contributed by atoms with Crippen molar-refractivity contribution < 1.29 is 19.0 Å². The first-order chi connectivity index (χ1) is 11.3. The third kappa shape index (κ3) is 3.46. The van der Waals surface area contributed by atoms with E-state index < -0.39 is 6.10 Å². The van der Waals surface area contributed by atoms with Gasteiger partial charge >= 0.3 is 0 Å². The summed E-state index contributed by atoms with van der Waals surface area (Å²) in [5, 5.41) is 8.38. The first-order valence-corrected chi connectivity index (χ1v) is 8.16. The molecule has 9 heteroatoms. The topological polar surface area (TPSA) is 81.7 Å². The Labute approximate surface area is 148 Å². The average Bonchev–Trinajstić information content (AvgIpc) is 3.23. The zero-order valence-corrected chi connectivity index (χ0v) is 14.2. The summed E-state index contributed by atoms with van der Waals surface area (Å²) in [5.41, 5.74) is 1.70. The molecular weight excluding hydrogens is 354 g/mol. The van der Waals surface area contributed by atoms with E-state index in [0.29, 0.717) is 24.0 Å². The van der Waals surface area contributed by atoms with Crippen molar-refractivity contribution in [3.8, 4) is 22.8 Å². The molecule has 0 saturated carbocycles. The van der Waals surface area contributed by atoms with Crippen LogP contribution < -0.4 is 20.1 Å². The Kier molecular flexibility index (Phi) is 5.20. The fourth-order valence-electron chi connectivity index (χ4n) is 2.44. The van der Waals surface area contributed by atoms with Crippen molar-refractivity contribution in [1.29, 1.82) is 0 Å². The molecule has 1 saturated heterocycles. The number of amides is 1. The molecule has 7 nitrogen and oxygen atoms in total. The van der Waals surface area contributed by atoms with E-state index in [1.54, 1.807) is 0 Å². The maximum atomic E-state index is 12.1. The molecular formula is C15H16ClN3O4S. The van der Waals surface area contributed by atoms with Crippen molar-refractivity contribution in [2.45, 2.75) is 6.10 Å². The summed E-state index contributed by atoms with van der Waals surface area (Å²) in [5.74, 6) is 1.27. The number of hydrogen-bond donors (Lipinski definition) is 2. The molecule has 1 fully saturated rings. The van der Waals surface area contributed by atoms with Crippen molar-refractivity contribution in [3.05, 3.63) is 23.6 Å². The monoisotopic (exact) mass is 369 g/mol. The number of halogens is 1. The van der Waals surface area contributed by atoms with Crippen LogP contribution in [0, 0.1) is 0 Å². The highest BCUT2D eigenvalue weighted by Crippen LogP contribution is 2.36. The van der Waals surface area contributed by atoms with Crippen molar-refractivity contribution >= 4 is 34.8 Å². The van der Waals surface area contributed by atoms with Gasteiger partial charge in [-0.1, -0.05) is 0 Å². The van der Waals surface area contributed by atoms with E-state index >= 15 is 0 Å². The summed E-state index contributed by atoms with van der Waals surface area (Å²) >= 11 is 1.38. The van der Waals surface area contributed by atoms with Crippen LogP contribution in [0.2, 0.25) is 0 Å². The molecule has 2 aliphatic heterocycles. The lowest BCUT2D eigenvalue weighted by atomic mass is 10.1. The summed E-state index contributed by atoms with van der Waals surface area (Å²) in [6, 6.07) is 5.66. The van der Waals surface area contributed by atoms with Crippen LogP contribution in [0.5, 0.6) is 11.5 Å². The van der Waals surface area contributed by atoms with E-state index in [2.05, 4.69) is 15.6 Å². The number of carbonyl (C=O) groups is 1. The molecule has 0 unspecified atom stereocenters. The van der Waals surface area contributed by atoms with Gasteiger partial charge in [-0.15, -0.1) is 23.7 Å². The predicted octanol–water partition coefficient (Wildman–Crippen LogP) is 1.89. The maximum absolute atomic E-state index is 12.1. The molecule has 0 radical (unpaired) electrons. The zero-order valence-electron chi connectivity index (χ0n) is 12.6. The number of rotatable bonds is 3. The zero-order chi connectivity index (χ0) is 15.6. The summed E-state index contributed by atoms with van der Waals surface area (Å²) in [6.45, 7) is 2.08. The largest absolute Gasteiger partial charge is 0.454 e. The van der Waals surface area contributed by atoms with Gasteiger partial charge in [-0.2, -0.15) is 0 Å². The molecule has 128 valence electrons. The first-order valence-electron chi connectivity index (χ1n) is 7.28. The van der Waals surface area contributed by atoms with E-state index in [1.807, 2.05) is 23.6 Å². The van der Waals surface area contributed by atoms with Gasteiger partial charge in [0.1, 0.15) is 6.10 Å². The number of carbonyl (C=O) groups excluding carboxylic acids is 1.